The fraction of sp³-hybridized carbons (Fsp3) is 0.0476. The molecule has 0 saturated carbocycles. The summed E-state index contributed by atoms with van der Waals surface area (Å²) in [6, 6.07) is 13.0. The van der Waals surface area contributed by atoms with Crippen molar-refractivity contribution in [2.24, 2.45) is 7.05 Å². The van der Waals surface area contributed by atoms with Crippen LogP contribution in [0.5, 0.6) is 0 Å². The van der Waals surface area contributed by atoms with Gasteiger partial charge < -0.3 is 4.42 Å². The van der Waals surface area contributed by atoms with E-state index in [0.29, 0.717) is 5.56 Å². The Morgan fingerprint density at radius 1 is 1.04 bits per heavy atom. The summed E-state index contributed by atoms with van der Waals surface area (Å²) >= 11 is 0. The van der Waals surface area contributed by atoms with Crippen LogP contribution < -0.4 is 5.32 Å². The van der Waals surface area contributed by atoms with Crippen LogP contribution in [0.15, 0.2) is 71.7 Å². The topological polar surface area (TPSA) is 85.8 Å². The second-order valence-electron chi connectivity index (χ2n) is 6.50. The molecule has 7 nitrogen and oxygen atoms in total. The van der Waals surface area contributed by atoms with Crippen LogP contribution in [-0.2, 0) is 7.05 Å². The Balaban J connectivity index is 1.45. The molecule has 0 bridgehead atoms. The smallest absolute Gasteiger partial charge is 0.258 e. The van der Waals surface area contributed by atoms with Gasteiger partial charge in [0.2, 0.25) is 5.95 Å². The summed E-state index contributed by atoms with van der Waals surface area (Å²) in [5.74, 6) is -0.0148. The Morgan fingerprint density at radius 3 is 2.82 bits per heavy atom. The average molecular weight is 369 g/mol. The summed E-state index contributed by atoms with van der Waals surface area (Å²) in [5.41, 5.74) is 4.00. The number of aromatic nitrogens is 4. The Hall–Kier alpha value is -4.00. The maximum atomic E-state index is 12.6. The van der Waals surface area contributed by atoms with Gasteiger partial charge in [-0.1, -0.05) is 12.1 Å². The van der Waals surface area contributed by atoms with Gasteiger partial charge in [0.1, 0.15) is 5.58 Å². The predicted octanol–water partition coefficient (Wildman–Crippen LogP) is 4.03. The Kier molecular flexibility index (Phi) is 3.65. The van der Waals surface area contributed by atoms with Crippen molar-refractivity contribution in [1.29, 1.82) is 0 Å². The summed E-state index contributed by atoms with van der Waals surface area (Å²) in [5, 5.41) is 8.73. The minimum Gasteiger partial charge on any atom is -0.464 e. The first-order valence-electron chi connectivity index (χ1n) is 8.70. The molecule has 3 aromatic heterocycles. The van der Waals surface area contributed by atoms with E-state index in [1.807, 2.05) is 37.5 Å². The zero-order valence-corrected chi connectivity index (χ0v) is 15.0. The third kappa shape index (κ3) is 2.88. The summed E-state index contributed by atoms with van der Waals surface area (Å²) in [4.78, 5) is 21.3. The number of amides is 1. The number of anilines is 1. The molecule has 0 aliphatic rings. The van der Waals surface area contributed by atoms with Crippen LogP contribution in [0.3, 0.4) is 0 Å². The molecule has 0 atom stereocenters. The Labute approximate surface area is 159 Å². The fourth-order valence-corrected chi connectivity index (χ4v) is 3.12. The summed E-state index contributed by atoms with van der Waals surface area (Å²) in [6.45, 7) is 0. The zero-order valence-electron chi connectivity index (χ0n) is 15.0. The van der Waals surface area contributed by atoms with Crippen LogP contribution in [0.25, 0.3) is 33.0 Å². The molecule has 0 radical (unpaired) electrons. The lowest BCUT2D eigenvalue weighted by Gasteiger charge is -2.06. The van der Waals surface area contributed by atoms with Gasteiger partial charge in [-0.2, -0.15) is 5.10 Å². The van der Waals surface area contributed by atoms with Crippen LogP contribution in [0.1, 0.15) is 10.4 Å². The number of benzene rings is 2. The lowest BCUT2D eigenvalue weighted by atomic mass is 10.1. The summed E-state index contributed by atoms with van der Waals surface area (Å²) < 4.78 is 7.06. The first-order valence-corrected chi connectivity index (χ1v) is 8.70. The van der Waals surface area contributed by atoms with Gasteiger partial charge in [0.25, 0.3) is 5.91 Å². The standard InChI is InChI=1S/C21H15N5O2/c1-26-12-17(11-23-26)13-2-3-16-10-22-21(24-18(16)9-13)25-20(27)15-4-5-19-14(8-15)6-7-28-19/h2-12H,1H3,(H,22,24,25,27). The first-order chi connectivity index (χ1) is 13.7. The van der Waals surface area contributed by atoms with E-state index in [-0.39, 0.29) is 11.9 Å². The van der Waals surface area contributed by atoms with E-state index in [1.54, 1.807) is 41.5 Å². The van der Waals surface area contributed by atoms with Gasteiger partial charge >= 0.3 is 0 Å². The highest BCUT2D eigenvalue weighted by atomic mass is 16.3. The largest absolute Gasteiger partial charge is 0.464 e. The van der Waals surface area contributed by atoms with Crippen molar-refractivity contribution in [3.05, 3.63) is 72.9 Å². The first kappa shape index (κ1) is 16.2. The van der Waals surface area contributed by atoms with Crippen molar-refractivity contribution < 1.29 is 9.21 Å². The molecule has 28 heavy (non-hydrogen) atoms. The second kappa shape index (κ2) is 6.31. The highest BCUT2D eigenvalue weighted by molar-refractivity contribution is 6.05. The van der Waals surface area contributed by atoms with Crippen molar-refractivity contribution in [3.8, 4) is 11.1 Å². The molecule has 1 N–H and O–H groups in total. The number of fused-ring (bicyclic) bond motifs is 2. The normalized spacial score (nSPS) is 11.2. The number of furan rings is 1. The maximum Gasteiger partial charge on any atom is 0.258 e. The number of aryl methyl sites for hydroxylation is 1. The number of rotatable bonds is 3. The van der Waals surface area contributed by atoms with Crippen molar-refractivity contribution >= 4 is 33.7 Å². The third-order valence-electron chi connectivity index (χ3n) is 4.56. The van der Waals surface area contributed by atoms with Gasteiger partial charge in [-0.25, -0.2) is 9.97 Å². The SMILES string of the molecule is Cn1cc(-c2ccc3cnc(NC(=O)c4ccc5occc5c4)nc3c2)cn1. The van der Waals surface area contributed by atoms with Gasteiger partial charge in [-0.3, -0.25) is 14.8 Å². The quantitative estimate of drug-likeness (QED) is 0.519. The zero-order chi connectivity index (χ0) is 19.1. The van der Waals surface area contributed by atoms with E-state index in [9.17, 15) is 4.79 Å². The Bertz CT molecular complexity index is 1340. The minimum atomic E-state index is -0.272. The summed E-state index contributed by atoms with van der Waals surface area (Å²) in [6.07, 6.45) is 7.04. The predicted molar refractivity (Wildman–Crippen MR) is 106 cm³/mol. The molecule has 7 heteroatoms. The number of carbonyl (C=O) groups is 1. The molecular weight excluding hydrogens is 354 g/mol. The van der Waals surface area contributed by atoms with E-state index < -0.39 is 0 Å². The van der Waals surface area contributed by atoms with Crippen molar-refractivity contribution in [1.82, 2.24) is 19.7 Å². The van der Waals surface area contributed by atoms with Crippen molar-refractivity contribution in [3.63, 3.8) is 0 Å². The molecule has 0 unspecified atom stereocenters. The lowest BCUT2D eigenvalue weighted by molar-refractivity contribution is 0.102. The molecule has 136 valence electrons. The van der Waals surface area contributed by atoms with Gasteiger partial charge in [0.15, 0.2) is 0 Å². The van der Waals surface area contributed by atoms with E-state index in [1.165, 1.54) is 0 Å². The number of nitrogens with one attached hydrogen (secondary N) is 1. The molecule has 3 heterocycles. The van der Waals surface area contributed by atoms with E-state index in [0.717, 1.165) is 33.0 Å². The van der Waals surface area contributed by atoms with Gasteiger partial charge in [0.05, 0.1) is 18.0 Å². The van der Waals surface area contributed by atoms with Crippen LogP contribution in [0, 0.1) is 0 Å². The molecule has 2 aromatic carbocycles. The molecule has 5 rings (SSSR count). The number of carbonyl (C=O) groups excluding carboxylic acids is 1. The van der Waals surface area contributed by atoms with Crippen LogP contribution in [0.2, 0.25) is 0 Å². The highest BCUT2D eigenvalue weighted by Gasteiger charge is 2.11. The summed E-state index contributed by atoms with van der Waals surface area (Å²) in [7, 11) is 1.88. The third-order valence-corrected chi connectivity index (χ3v) is 4.56. The number of hydrogen-bond acceptors (Lipinski definition) is 5. The molecule has 0 aliphatic heterocycles. The molecular formula is C21H15N5O2. The van der Waals surface area contributed by atoms with Gasteiger partial charge in [0, 0.05) is 41.3 Å². The lowest BCUT2D eigenvalue weighted by Crippen LogP contribution is -2.14. The Morgan fingerprint density at radius 2 is 1.96 bits per heavy atom. The maximum absolute atomic E-state index is 12.6. The van der Waals surface area contributed by atoms with Crippen LogP contribution in [0.4, 0.5) is 5.95 Å². The van der Waals surface area contributed by atoms with Crippen LogP contribution in [-0.4, -0.2) is 25.7 Å². The molecule has 5 aromatic rings. The molecule has 1 amide bonds. The average Bonchev–Trinajstić information content (AvgIpc) is 3.35. The van der Waals surface area contributed by atoms with Crippen LogP contribution >= 0.6 is 0 Å². The molecule has 0 spiro atoms. The fourth-order valence-electron chi connectivity index (χ4n) is 3.12. The molecule has 0 fully saturated rings. The van der Waals surface area contributed by atoms with E-state index in [4.69, 9.17) is 4.42 Å². The highest BCUT2D eigenvalue weighted by Crippen LogP contribution is 2.23. The van der Waals surface area contributed by atoms with E-state index in [2.05, 4.69) is 20.4 Å². The minimum absolute atomic E-state index is 0.258. The van der Waals surface area contributed by atoms with Crippen molar-refractivity contribution in [2.45, 2.75) is 0 Å². The second-order valence-corrected chi connectivity index (χ2v) is 6.50. The number of hydrogen-bond donors (Lipinski definition) is 1. The van der Waals surface area contributed by atoms with Gasteiger partial charge in [-0.05, 0) is 35.9 Å². The number of nitrogens with zero attached hydrogens (tertiary/aromatic N) is 4. The van der Waals surface area contributed by atoms with E-state index >= 15 is 0 Å². The van der Waals surface area contributed by atoms with Gasteiger partial charge in [-0.15, -0.1) is 0 Å². The van der Waals surface area contributed by atoms with Crippen molar-refractivity contribution in [2.75, 3.05) is 5.32 Å². The monoisotopic (exact) mass is 369 g/mol. The molecule has 0 aliphatic carbocycles. The molecule has 0 saturated heterocycles.